The molecule has 29 heavy (non-hydrogen) atoms. The van der Waals surface area contributed by atoms with Crippen molar-refractivity contribution in [3.8, 4) is 5.69 Å². The van der Waals surface area contributed by atoms with Crippen LogP contribution in [0, 0.1) is 30.6 Å². The van der Waals surface area contributed by atoms with Crippen LogP contribution < -0.4 is 0 Å². The second-order valence-corrected chi connectivity index (χ2v) is 8.61. The monoisotopic (exact) mass is 395 g/mol. The second kappa shape index (κ2) is 7.41. The Kier molecular flexibility index (Phi) is 5.07. The van der Waals surface area contributed by atoms with E-state index in [1.54, 1.807) is 6.33 Å². The van der Waals surface area contributed by atoms with Crippen molar-refractivity contribution in [1.82, 2.24) is 14.5 Å². The van der Waals surface area contributed by atoms with Gasteiger partial charge in [0.25, 0.3) is 0 Å². The van der Waals surface area contributed by atoms with Crippen molar-refractivity contribution in [2.45, 2.75) is 52.2 Å². The van der Waals surface area contributed by atoms with Crippen LogP contribution in [-0.2, 0) is 9.53 Å². The Bertz CT molecular complexity index is 920. The number of aliphatic hydroxyl groups is 1. The van der Waals surface area contributed by atoms with Crippen LogP contribution in [0.5, 0.6) is 0 Å². The summed E-state index contributed by atoms with van der Waals surface area (Å²) in [5, 5.41) is 11.1. The lowest BCUT2D eigenvalue weighted by Gasteiger charge is -2.45. The van der Waals surface area contributed by atoms with Gasteiger partial charge in [-0.1, -0.05) is 26.3 Å². The summed E-state index contributed by atoms with van der Waals surface area (Å²) in [6, 6.07) is 3.98. The van der Waals surface area contributed by atoms with Gasteiger partial charge in [-0.05, 0) is 56.2 Å². The topological polar surface area (TPSA) is 77.2 Å². The van der Waals surface area contributed by atoms with E-state index >= 15 is 0 Å². The van der Waals surface area contributed by atoms with Gasteiger partial charge in [0, 0.05) is 12.1 Å². The van der Waals surface area contributed by atoms with E-state index in [-0.39, 0.29) is 23.9 Å². The molecule has 4 rings (SSSR count). The first-order valence-corrected chi connectivity index (χ1v) is 10.4. The first-order valence-electron chi connectivity index (χ1n) is 10.4. The van der Waals surface area contributed by atoms with E-state index in [0.29, 0.717) is 12.3 Å². The number of pyridine rings is 1. The van der Waals surface area contributed by atoms with Gasteiger partial charge < -0.3 is 14.4 Å². The van der Waals surface area contributed by atoms with E-state index < -0.39 is 11.6 Å². The van der Waals surface area contributed by atoms with Crippen molar-refractivity contribution in [2.24, 2.45) is 23.7 Å². The van der Waals surface area contributed by atoms with E-state index in [1.807, 2.05) is 49.0 Å². The Morgan fingerprint density at radius 3 is 2.76 bits per heavy atom. The number of carbonyl (C=O) groups is 1. The quantitative estimate of drug-likeness (QED) is 0.801. The van der Waals surface area contributed by atoms with Crippen molar-refractivity contribution in [2.75, 3.05) is 0 Å². The number of fused-ring (bicyclic) bond motifs is 1. The fraction of sp³-hybridized carbons (Fsp3) is 0.522. The predicted octanol–water partition coefficient (Wildman–Crippen LogP) is 3.56. The molecular weight excluding hydrogens is 366 g/mol. The van der Waals surface area contributed by atoms with Crippen molar-refractivity contribution in [1.29, 1.82) is 0 Å². The molecule has 6 nitrogen and oxygen atoms in total. The lowest BCUT2D eigenvalue weighted by molar-refractivity contribution is -0.160. The van der Waals surface area contributed by atoms with Crippen LogP contribution in [0.4, 0.5) is 0 Å². The maximum Gasteiger partial charge on any atom is 0.338 e. The minimum absolute atomic E-state index is 0.0629. The summed E-state index contributed by atoms with van der Waals surface area (Å²) >= 11 is 0. The Morgan fingerprint density at radius 2 is 2.14 bits per heavy atom. The Balaban J connectivity index is 1.60. The van der Waals surface area contributed by atoms with Gasteiger partial charge in [-0.25, -0.2) is 9.78 Å². The number of aromatic nitrogens is 3. The molecule has 6 atom stereocenters. The number of imidazole rings is 1. The molecule has 3 heterocycles. The number of esters is 1. The first-order chi connectivity index (χ1) is 13.8. The molecule has 2 aromatic heterocycles. The van der Waals surface area contributed by atoms with Gasteiger partial charge >= 0.3 is 5.97 Å². The molecule has 1 aliphatic heterocycles. The van der Waals surface area contributed by atoms with Gasteiger partial charge in [0.15, 0.2) is 5.60 Å². The standard InChI is InChI=1S/C23H29N3O3/c1-5-19-14(2)10-23(28)21(16(4)29-22(23)27)20(19)9-7-17-6-8-18(11-24-17)26-12-15(3)25-13-26/h6-9,11-14,16,19-21,28H,5,10H2,1-4H3/t14-,16+,19+,20-,21-,23-/m0/s1. The van der Waals surface area contributed by atoms with E-state index in [0.717, 1.165) is 23.5 Å². The number of ether oxygens (including phenoxy) is 1. The van der Waals surface area contributed by atoms with Crippen LogP contribution in [0.25, 0.3) is 11.8 Å². The highest BCUT2D eigenvalue weighted by Crippen LogP contribution is 2.52. The molecule has 0 spiro atoms. The molecule has 1 aliphatic carbocycles. The largest absolute Gasteiger partial charge is 0.460 e. The summed E-state index contributed by atoms with van der Waals surface area (Å²) in [6.45, 7) is 8.15. The second-order valence-electron chi connectivity index (χ2n) is 8.61. The van der Waals surface area contributed by atoms with Crippen LogP contribution in [0.15, 0.2) is 36.9 Å². The van der Waals surface area contributed by atoms with Gasteiger partial charge in [0.05, 0.1) is 29.6 Å². The fourth-order valence-electron chi connectivity index (χ4n) is 5.37. The van der Waals surface area contributed by atoms with E-state index in [2.05, 4.69) is 29.9 Å². The van der Waals surface area contributed by atoms with Gasteiger partial charge in [-0.2, -0.15) is 0 Å². The highest BCUT2D eigenvalue weighted by atomic mass is 16.6. The zero-order valence-electron chi connectivity index (χ0n) is 17.4. The Morgan fingerprint density at radius 1 is 1.34 bits per heavy atom. The molecule has 2 fully saturated rings. The average molecular weight is 396 g/mol. The smallest absolute Gasteiger partial charge is 0.338 e. The lowest BCUT2D eigenvalue weighted by Crippen LogP contribution is -2.53. The third kappa shape index (κ3) is 3.39. The molecule has 1 saturated carbocycles. The van der Waals surface area contributed by atoms with Crippen LogP contribution >= 0.6 is 0 Å². The predicted molar refractivity (Wildman–Crippen MR) is 110 cm³/mol. The lowest BCUT2D eigenvalue weighted by atomic mass is 9.59. The number of allylic oxidation sites excluding steroid dienone is 1. The molecule has 0 radical (unpaired) electrons. The molecule has 0 bridgehead atoms. The summed E-state index contributed by atoms with van der Waals surface area (Å²) in [7, 11) is 0. The summed E-state index contributed by atoms with van der Waals surface area (Å²) in [6.07, 6.45) is 10.9. The van der Waals surface area contributed by atoms with Crippen LogP contribution in [-0.4, -0.2) is 37.3 Å². The summed E-state index contributed by atoms with van der Waals surface area (Å²) in [5.41, 5.74) is 1.38. The maximum atomic E-state index is 12.4. The van der Waals surface area contributed by atoms with Crippen molar-refractivity contribution in [3.63, 3.8) is 0 Å². The zero-order valence-corrected chi connectivity index (χ0v) is 17.4. The third-order valence-electron chi connectivity index (χ3n) is 6.72. The highest BCUT2D eigenvalue weighted by molar-refractivity contribution is 5.82. The number of rotatable bonds is 4. The normalized spacial score (nSPS) is 34.4. The molecule has 6 heteroatoms. The van der Waals surface area contributed by atoms with Crippen LogP contribution in [0.2, 0.25) is 0 Å². The number of hydrogen-bond donors (Lipinski definition) is 1. The fourth-order valence-corrected chi connectivity index (χ4v) is 5.37. The molecule has 2 aliphatic rings. The summed E-state index contributed by atoms with van der Waals surface area (Å²) < 4.78 is 7.39. The minimum atomic E-state index is -1.38. The third-order valence-corrected chi connectivity index (χ3v) is 6.72. The van der Waals surface area contributed by atoms with Crippen molar-refractivity contribution in [3.05, 3.63) is 48.3 Å². The van der Waals surface area contributed by atoms with Gasteiger partial charge in [0.2, 0.25) is 0 Å². The number of aryl methyl sites for hydroxylation is 1. The number of carbonyl (C=O) groups excluding carboxylic acids is 1. The number of hydrogen-bond acceptors (Lipinski definition) is 5. The molecular formula is C23H29N3O3. The van der Waals surface area contributed by atoms with Gasteiger partial charge in [-0.3, -0.25) is 4.98 Å². The maximum absolute atomic E-state index is 12.4. The summed E-state index contributed by atoms with van der Waals surface area (Å²) in [5.74, 6) is 0.0108. The molecule has 154 valence electrons. The summed E-state index contributed by atoms with van der Waals surface area (Å²) in [4.78, 5) is 21.2. The minimum Gasteiger partial charge on any atom is -0.460 e. The molecule has 0 aromatic carbocycles. The molecule has 1 N–H and O–H groups in total. The van der Waals surface area contributed by atoms with Crippen LogP contribution in [0.3, 0.4) is 0 Å². The Hall–Kier alpha value is -2.47. The van der Waals surface area contributed by atoms with Gasteiger partial charge in [0.1, 0.15) is 6.10 Å². The molecule has 2 aromatic rings. The highest BCUT2D eigenvalue weighted by Gasteiger charge is 2.62. The van der Waals surface area contributed by atoms with E-state index in [9.17, 15) is 9.90 Å². The van der Waals surface area contributed by atoms with E-state index in [4.69, 9.17) is 4.74 Å². The molecule has 0 unspecified atom stereocenters. The average Bonchev–Trinajstić information content (AvgIpc) is 3.21. The van der Waals surface area contributed by atoms with Crippen molar-refractivity contribution < 1.29 is 14.6 Å². The first kappa shape index (κ1) is 19.8. The zero-order chi connectivity index (χ0) is 20.8. The molecule has 1 saturated heterocycles. The SMILES string of the molecule is CC[C@H]1[C@H](C=Cc2ccc(-n3cnc(C)c3)cn2)[C@@H]2[C@@H](C)OC(=O)[C@]2(O)C[C@@H]1C. The van der Waals surface area contributed by atoms with Crippen molar-refractivity contribution >= 4 is 12.0 Å². The Labute approximate surface area is 171 Å². The van der Waals surface area contributed by atoms with Crippen LogP contribution in [0.1, 0.15) is 45.0 Å². The number of nitrogens with zero attached hydrogens (tertiary/aromatic N) is 3. The number of cyclic esters (lactones) is 1. The van der Waals surface area contributed by atoms with Gasteiger partial charge in [-0.15, -0.1) is 0 Å². The van der Waals surface area contributed by atoms with E-state index in [1.165, 1.54) is 0 Å². The molecule has 0 amide bonds.